The van der Waals surface area contributed by atoms with E-state index >= 15 is 0 Å². The van der Waals surface area contributed by atoms with E-state index in [1.165, 1.54) is 0 Å². The van der Waals surface area contributed by atoms with Crippen LogP contribution < -0.4 is 5.73 Å². The van der Waals surface area contributed by atoms with Gasteiger partial charge in [-0.1, -0.05) is 12.8 Å². The molecule has 0 aliphatic heterocycles. The third-order valence-corrected chi connectivity index (χ3v) is 1.92. The number of aliphatic hydroxyl groups is 1. The summed E-state index contributed by atoms with van der Waals surface area (Å²) in [6.45, 7) is 3.02. The van der Waals surface area contributed by atoms with E-state index in [1.54, 1.807) is 14.0 Å². The predicted molar refractivity (Wildman–Crippen MR) is 58.5 cm³/mol. The maximum Gasteiger partial charge on any atom is 0.0905 e. The number of methoxy groups -OCH3 is 1. The Morgan fingerprint density at radius 1 is 1.43 bits per heavy atom. The Hall–Kier alpha value is -0.610. The molecule has 0 rings (SSSR count). The predicted octanol–water partition coefficient (Wildman–Crippen LogP) is 0.931. The average Bonchev–Trinajstić information content (AvgIpc) is 2.11. The third kappa shape index (κ3) is 9.48. The quantitative estimate of drug-likeness (QED) is 0.349. The number of nitrogens with zero attached hydrogens (tertiary/aromatic N) is 1. The van der Waals surface area contributed by atoms with Crippen LogP contribution in [-0.4, -0.2) is 37.3 Å². The van der Waals surface area contributed by atoms with Crippen LogP contribution in [0.5, 0.6) is 0 Å². The zero-order chi connectivity index (χ0) is 10.8. The molecule has 0 aromatic heterocycles. The molecular weight excluding hydrogens is 180 g/mol. The highest BCUT2D eigenvalue weighted by molar-refractivity contribution is 5.77. The molecule has 1 unspecified atom stereocenters. The highest BCUT2D eigenvalue weighted by Crippen LogP contribution is 2.04. The van der Waals surface area contributed by atoms with Crippen LogP contribution in [0.15, 0.2) is 4.99 Å². The van der Waals surface area contributed by atoms with E-state index < -0.39 is 0 Å². The second kappa shape index (κ2) is 8.97. The monoisotopic (exact) mass is 202 g/mol. The molecule has 0 fully saturated rings. The number of hydrogen-bond donors (Lipinski definition) is 2. The van der Waals surface area contributed by atoms with E-state index in [0.29, 0.717) is 12.4 Å². The second-order valence-electron chi connectivity index (χ2n) is 3.48. The Morgan fingerprint density at radius 3 is 2.71 bits per heavy atom. The molecule has 0 bridgehead atoms. The largest absolute Gasteiger partial charge is 0.391 e. The molecule has 0 aromatic rings. The molecule has 1 atom stereocenters. The Morgan fingerprint density at radius 2 is 2.14 bits per heavy atom. The number of unbranched alkanes of at least 4 members (excludes halogenated alkanes) is 2. The van der Waals surface area contributed by atoms with Gasteiger partial charge in [-0.3, -0.25) is 4.99 Å². The van der Waals surface area contributed by atoms with Crippen molar-refractivity contribution < 1.29 is 9.84 Å². The summed E-state index contributed by atoms with van der Waals surface area (Å²) in [7, 11) is 1.60. The zero-order valence-corrected chi connectivity index (χ0v) is 9.20. The van der Waals surface area contributed by atoms with Crippen molar-refractivity contribution in [1.29, 1.82) is 0 Å². The normalized spacial score (nSPS) is 14.4. The van der Waals surface area contributed by atoms with Crippen LogP contribution in [0.4, 0.5) is 0 Å². The molecule has 0 saturated carbocycles. The minimum absolute atomic E-state index is 0.320. The number of hydrogen-bond acceptors (Lipinski definition) is 3. The van der Waals surface area contributed by atoms with Crippen LogP contribution in [0.3, 0.4) is 0 Å². The minimum atomic E-state index is -0.320. The molecule has 4 heteroatoms. The lowest BCUT2D eigenvalue weighted by Gasteiger charge is -2.07. The van der Waals surface area contributed by atoms with Crippen LogP contribution in [0, 0.1) is 0 Å². The first-order chi connectivity index (χ1) is 6.66. The first-order valence-corrected chi connectivity index (χ1v) is 5.10. The van der Waals surface area contributed by atoms with Crippen molar-refractivity contribution in [1.82, 2.24) is 0 Å². The van der Waals surface area contributed by atoms with Crippen molar-refractivity contribution in [2.45, 2.75) is 38.7 Å². The molecule has 0 amide bonds. The summed E-state index contributed by atoms with van der Waals surface area (Å²) in [5.41, 5.74) is 5.39. The van der Waals surface area contributed by atoms with Crippen molar-refractivity contribution in [3.05, 3.63) is 0 Å². The van der Waals surface area contributed by atoms with E-state index in [1.807, 2.05) is 0 Å². The third-order valence-electron chi connectivity index (χ3n) is 1.92. The molecule has 0 saturated heterocycles. The Balaban J connectivity index is 3.17. The highest BCUT2D eigenvalue weighted by atomic mass is 16.5. The van der Waals surface area contributed by atoms with E-state index in [-0.39, 0.29) is 6.10 Å². The van der Waals surface area contributed by atoms with Crippen molar-refractivity contribution >= 4 is 5.84 Å². The van der Waals surface area contributed by atoms with E-state index in [2.05, 4.69) is 4.99 Å². The Labute approximate surface area is 86.2 Å². The van der Waals surface area contributed by atoms with Crippen molar-refractivity contribution in [2.75, 3.05) is 20.3 Å². The average molecular weight is 202 g/mol. The fourth-order valence-corrected chi connectivity index (χ4v) is 1.20. The van der Waals surface area contributed by atoms with Gasteiger partial charge in [-0.2, -0.15) is 0 Å². The number of ether oxygens (including phenoxy) is 1. The molecule has 0 aliphatic rings. The number of nitrogens with two attached hydrogens (primary N) is 1. The fourth-order valence-electron chi connectivity index (χ4n) is 1.20. The topological polar surface area (TPSA) is 67.8 Å². The molecule has 14 heavy (non-hydrogen) atoms. The summed E-state index contributed by atoms with van der Waals surface area (Å²) < 4.78 is 4.82. The van der Waals surface area contributed by atoms with Gasteiger partial charge in [-0.25, -0.2) is 0 Å². The van der Waals surface area contributed by atoms with Crippen LogP contribution >= 0.6 is 0 Å². The van der Waals surface area contributed by atoms with Crippen LogP contribution in [0.2, 0.25) is 0 Å². The summed E-state index contributed by atoms with van der Waals surface area (Å²) in [5.74, 6) is 0.643. The van der Waals surface area contributed by atoms with E-state index in [9.17, 15) is 5.11 Å². The maximum atomic E-state index is 9.32. The maximum absolute atomic E-state index is 9.32. The Bertz CT molecular complexity index is 156. The van der Waals surface area contributed by atoms with Gasteiger partial charge < -0.3 is 15.6 Å². The first-order valence-electron chi connectivity index (χ1n) is 5.10. The van der Waals surface area contributed by atoms with Gasteiger partial charge in [0.15, 0.2) is 0 Å². The van der Waals surface area contributed by atoms with Crippen molar-refractivity contribution in [3.8, 4) is 0 Å². The lowest BCUT2D eigenvalue weighted by molar-refractivity contribution is 0.0576. The molecule has 0 radical (unpaired) electrons. The van der Waals surface area contributed by atoms with Crippen molar-refractivity contribution in [2.24, 2.45) is 10.7 Å². The minimum Gasteiger partial charge on any atom is -0.391 e. The van der Waals surface area contributed by atoms with Gasteiger partial charge >= 0.3 is 0 Å². The molecule has 0 heterocycles. The number of aliphatic imine (C=N–C) groups is 1. The molecule has 4 nitrogen and oxygen atoms in total. The van der Waals surface area contributed by atoms with Gasteiger partial charge in [0.2, 0.25) is 0 Å². The van der Waals surface area contributed by atoms with Crippen LogP contribution in [0.25, 0.3) is 0 Å². The van der Waals surface area contributed by atoms with Crippen LogP contribution in [-0.2, 0) is 4.74 Å². The van der Waals surface area contributed by atoms with Gasteiger partial charge in [0, 0.05) is 13.7 Å². The smallest absolute Gasteiger partial charge is 0.0905 e. The first kappa shape index (κ1) is 13.4. The summed E-state index contributed by atoms with van der Waals surface area (Å²) in [6.07, 6.45) is 3.62. The number of aliphatic hydroxyl groups excluding tert-OH is 1. The van der Waals surface area contributed by atoms with Gasteiger partial charge in [-0.05, 0) is 19.8 Å². The van der Waals surface area contributed by atoms with Gasteiger partial charge in [0.1, 0.15) is 0 Å². The molecule has 0 aromatic carbocycles. The zero-order valence-electron chi connectivity index (χ0n) is 9.20. The second-order valence-corrected chi connectivity index (χ2v) is 3.48. The van der Waals surface area contributed by atoms with Crippen LogP contribution in [0.1, 0.15) is 32.6 Å². The van der Waals surface area contributed by atoms with Gasteiger partial charge in [-0.15, -0.1) is 0 Å². The van der Waals surface area contributed by atoms with E-state index in [0.717, 1.165) is 32.2 Å². The molecule has 0 spiro atoms. The number of rotatable bonds is 8. The van der Waals surface area contributed by atoms with Gasteiger partial charge in [0.25, 0.3) is 0 Å². The molecular formula is C10H22N2O2. The fraction of sp³-hybridized carbons (Fsp3) is 0.900. The lowest BCUT2D eigenvalue weighted by Crippen LogP contribution is -2.13. The SMILES string of the molecule is COCC(O)CCCCCN=C(C)N. The summed E-state index contributed by atoms with van der Waals surface area (Å²) >= 11 is 0. The number of amidine groups is 1. The Kier molecular flexibility index (Phi) is 8.57. The summed E-state index contributed by atoms with van der Waals surface area (Å²) in [6, 6.07) is 0. The lowest BCUT2D eigenvalue weighted by atomic mass is 10.1. The summed E-state index contributed by atoms with van der Waals surface area (Å²) in [4.78, 5) is 4.08. The van der Waals surface area contributed by atoms with E-state index in [4.69, 9.17) is 10.5 Å². The van der Waals surface area contributed by atoms with Gasteiger partial charge in [0.05, 0.1) is 18.5 Å². The molecule has 84 valence electrons. The van der Waals surface area contributed by atoms with Crippen molar-refractivity contribution in [3.63, 3.8) is 0 Å². The highest BCUT2D eigenvalue weighted by Gasteiger charge is 2.01. The molecule has 0 aliphatic carbocycles. The standard InChI is InChI=1S/C10H22N2O2/c1-9(11)12-7-5-3-4-6-10(13)8-14-2/h10,13H,3-8H2,1-2H3,(H2,11,12). The molecule has 3 N–H and O–H groups in total. The summed E-state index contributed by atoms with van der Waals surface area (Å²) in [5, 5.41) is 9.32.